The lowest BCUT2D eigenvalue weighted by Gasteiger charge is -2.47. The Labute approximate surface area is 104 Å². The summed E-state index contributed by atoms with van der Waals surface area (Å²) in [5, 5.41) is 17.9. The second-order valence-corrected chi connectivity index (χ2v) is 5.04. The van der Waals surface area contributed by atoms with E-state index in [1.54, 1.807) is 0 Å². The molecule has 2 atom stereocenters. The molecule has 0 aromatic carbocycles. The molecule has 19 heavy (non-hydrogen) atoms. The zero-order valence-electron chi connectivity index (χ0n) is 9.44. The predicted molar refractivity (Wildman–Crippen MR) is 49.0 cm³/mol. The Hall–Kier alpha value is -1.44. The van der Waals surface area contributed by atoms with Gasteiger partial charge in [0.25, 0.3) is 0 Å². The third-order valence-electron chi connectivity index (χ3n) is 4.53. The van der Waals surface area contributed by atoms with Crippen molar-refractivity contribution in [3.63, 3.8) is 0 Å². The Morgan fingerprint density at radius 3 is 1.58 bits per heavy atom. The van der Waals surface area contributed by atoms with E-state index in [1.807, 2.05) is 0 Å². The molecule has 0 saturated heterocycles. The number of halogens is 6. The summed E-state index contributed by atoms with van der Waals surface area (Å²) in [7, 11) is 0. The van der Waals surface area contributed by atoms with Crippen LogP contribution in [0.15, 0.2) is 0 Å². The molecule has 2 bridgehead atoms. The van der Waals surface area contributed by atoms with E-state index in [0.717, 1.165) is 12.1 Å². The van der Waals surface area contributed by atoms with Crippen LogP contribution in [0.4, 0.5) is 26.3 Å². The van der Waals surface area contributed by atoms with Crippen LogP contribution in [-0.4, -0.2) is 12.4 Å². The molecule has 104 valence electrons. The van der Waals surface area contributed by atoms with Crippen LogP contribution in [0, 0.1) is 45.3 Å². The average molecular weight is 282 g/mol. The molecule has 2 saturated carbocycles. The molecule has 2 aliphatic carbocycles. The molecule has 0 amide bonds. The summed E-state index contributed by atoms with van der Waals surface area (Å²) < 4.78 is 79.3. The lowest BCUT2D eigenvalue weighted by molar-refractivity contribution is -0.376. The molecule has 2 nitrogen and oxygen atoms in total. The lowest BCUT2D eigenvalue weighted by Crippen LogP contribution is -2.62. The van der Waals surface area contributed by atoms with Crippen molar-refractivity contribution < 1.29 is 26.3 Å². The maximum Gasteiger partial charge on any atom is 0.406 e. The van der Waals surface area contributed by atoms with Crippen molar-refractivity contribution in [2.45, 2.75) is 31.6 Å². The van der Waals surface area contributed by atoms with Crippen molar-refractivity contribution in [2.75, 3.05) is 0 Å². The van der Waals surface area contributed by atoms with Gasteiger partial charge in [-0.3, -0.25) is 0 Å². The van der Waals surface area contributed by atoms with Gasteiger partial charge in [-0.05, 0) is 31.1 Å². The van der Waals surface area contributed by atoms with Crippen LogP contribution >= 0.6 is 0 Å². The summed E-state index contributed by atoms with van der Waals surface area (Å²) in [6.45, 7) is 0. The first kappa shape index (κ1) is 14.0. The quantitative estimate of drug-likeness (QED) is 0.638. The number of hydrogen-bond donors (Lipinski definition) is 0. The maximum atomic E-state index is 13.2. The van der Waals surface area contributed by atoms with E-state index < -0.39 is 35.0 Å². The van der Waals surface area contributed by atoms with Gasteiger partial charge in [-0.1, -0.05) is 0 Å². The smallest absolute Gasteiger partial charge is 0.197 e. The summed E-state index contributed by atoms with van der Waals surface area (Å²) >= 11 is 0. The van der Waals surface area contributed by atoms with Crippen LogP contribution in [-0.2, 0) is 0 Å². The number of fused-ring (bicyclic) bond motifs is 2. The first-order valence-corrected chi connectivity index (χ1v) is 5.54. The van der Waals surface area contributed by atoms with E-state index >= 15 is 0 Å². The average Bonchev–Trinajstić information content (AvgIpc) is 2.82. The lowest BCUT2D eigenvalue weighted by atomic mass is 9.56. The zero-order chi connectivity index (χ0) is 14.7. The minimum Gasteiger partial charge on any atom is -0.197 e. The highest BCUT2D eigenvalue weighted by Gasteiger charge is 2.88. The Bertz CT molecular complexity index is 449. The van der Waals surface area contributed by atoms with E-state index in [-0.39, 0.29) is 19.3 Å². The molecule has 2 aliphatic rings. The van der Waals surface area contributed by atoms with Crippen molar-refractivity contribution in [1.82, 2.24) is 0 Å². The number of hydrogen-bond acceptors (Lipinski definition) is 2. The topological polar surface area (TPSA) is 47.6 Å². The third kappa shape index (κ3) is 1.27. The normalized spacial score (nSPS) is 31.8. The highest BCUT2D eigenvalue weighted by molar-refractivity contribution is 5.34. The van der Waals surface area contributed by atoms with Gasteiger partial charge in [-0.2, -0.15) is 36.9 Å². The van der Waals surface area contributed by atoms with Gasteiger partial charge >= 0.3 is 12.4 Å². The standard InChI is InChI=1S/C11H8F6N2/c12-10(13,14)9(11(15,16)17)7-2-1-6(3-7)8(9,4-18)5-19/h6-7H,1-3H2/t6-,7+/m0/s1. The summed E-state index contributed by atoms with van der Waals surface area (Å²) in [5.74, 6) is -2.91. The van der Waals surface area contributed by atoms with Gasteiger partial charge in [0.1, 0.15) is 0 Å². The minimum atomic E-state index is -5.67. The molecule has 0 N–H and O–H groups in total. The summed E-state index contributed by atoms with van der Waals surface area (Å²) in [6.07, 6.45) is -11.9. The minimum absolute atomic E-state index is 0.0553. The molecular formula is C11H8F6N2. The molecule has 0 aliphatic heterocycles. The fourth-order valence-electron chi connectivity index (χ4n) is 3.87. The van der Waals surface area contributed by atoms with E-state index in [4.69, 9.17) is 10.5 Å². The van der Waals surface area contributed by atoms with Crippen molar-refractivity contribution in [1.29, 1.82) is 10.5 Å². The van der Waals surface area contributed by atoms with Crippen LogP contribution in [0.3, 0.4) is 0 Å². The Balaban J connectivity index is 2.80. The predicted octanol–water partition coefficient (Wildman–Crippen LogP) is 3.56. The zero-order valence-corrected chi connectivity index (χ0v) is 9.44. The van der Waals surface area contributed by atoms with Gasteiger partial charge in [0.2, 0.25) is 0 Å². The molecule has 0 radical (unpaired) electrons. The second kappa shape index (κ2) is 3.56. The van der Waals surface area contributed by atoms with Gasteiger partial charge in [0.05, 0.1) is 12.1 Å². The molecule has 8 heteroatoms. The van der Waals surface area contributed by atoms with Gasteiger partial charge in [0.15, 0.2) is 10.8 Å². The largest absolute Gasteiger partial charge is 0.406 e. The van der Waals surface area contributed by atoms with E-state index in [9.17, 15) is 26.3 Å². The fraction of sp³-hybridized carbons (Fsp3) is 0.818. The van der Waals surface area contributed by atoms with Crippen molar-refractivity contribution in [3.05, 3.63) is 0 Å². The summed E-state index contributed by atoms with van der Waals surface area (Å²) in [6, 6.07) is 2.12. The maximum absolute atomic E-state index is 13.2. The first-order valence-electron chi connectivity index (χ1n) is 5.54. The van der Waals surface area contributed by atoms with Crippen LogP contribution in [0.5, 0.6) is 0 Å². The van der Waals surface area contributed by atoms with Gasteiger partial charge in [0, 0.05) is 0 Å². The molecule has 2 fully saturated rings. The Morgan fingerprint density at radius 1 is 0.842 bits per heavy atom. The van der Waals surface area contributed by atoms with Crippen LogP contribution in [0.25, 0.3) is 0 Å². The number of nitriles is 2. The molecule has 0 unspecified atom stereocenters. The monoisotopic (exact) mass is 282 g/mol. The molecule has 0 aromatic rings. The molecule has 2 rings (SSSR count). The van der Waals surface area contributed by atoms with Crippen molar-refractivity contribution >= 4 is 0 Å². The Kier molecular flexibility index (Phi) is 2.62. The molecule has 0 aromatic heterocycles. The van der Waals surface area contributed by atoms with Crippen molar-refractivity contribution in [3.8, 4) is 12.1 Å². The summed E-state index contributed by atoms with van der Waals surface area (Å²) in [5.41, 5.74) is -7.29. The first-order chi connectivity index (χ1) is 8.58. The number of alkyl halides is 6. The SMILES string of the molecule is N#CC1(C#N)[C@H]2CC[C@H](C2)C1(C(F)(F)F)C(F)(F)F. The van der Waals surface area contributed by atoms with Gasteiger partial charge in [-0.25, -0.2) is 0 Å². The summed E-state index contributed by atoms with van der Waals surface area (Å²) in [4.78, 5) is 0. The highest BCUT2D eigenvalue weighted by Crippen LogP contribution is 2.76. The molecular weight excluding hydrogens is 274 g/mol. The van der Waals surface area contributed by atoms with Crippen LogP contribution in [0.2, 0.25) is 0 Å². The number of nitrogens with zero attached hydrogens (tertiary/aromatic N) is 2. The van der Waals surface area contributed by atoms with Gasteiger partial charge in [-0.15, -0.1) is 0 Å². The van der Waals surface area contributed by atoms with Crippen molar-refractivity contribution in [2.24, 2.45) is 22.7 Å². The van der Waals surface area contributed by atoms with Gasteiger partial charge < -0.3 is 0 Å². The fourth-order valence-corrected chi connectivity index (χ4v) is 3.87. The van der Waals surface area contributed by atoms with E-state index in [1.165, 1.54) is 0 Å². The van der Waals surface area contributed by atoms with Crippen LogP contribution in [0.1, 0.15) is 19.3 Å². The highest BCUT2D eigenvalue weighted by atomic mass is 19.4. The van der Waals surface area contributed by atoms with E-state index in [0.29, 0.717) is 0 Å². The Morgan fingerprint density at radius 2 is 1.26 bits per heavy atom. The van der Waals surface area contributed by atoms with E-state index in [2.05, 4.69) is 0 Å². The number of rotatable bonds is 0. The van der Waals surface area contributed by atoms with Crippen LogP contribution < -0.4 is 0 Å². The molecule has 0 heterocycles. The molecule has 0 spiro atoms. The third-order valence-corrected chi connectivity index (χ3v) is 4.53. The second-order valence-electron chi connectivity index (χ2n) is 5.04.